The topological polar surface area (TPSA) is 50.5 Å². The van der Waals surface area contributed by atoms with Crippen LogP contribution >= 0.6 is 0 Å². The van der Waals surface area contributed by atoms with Crippen molar-refractivity contribution in [2.75, 3.05) is 0 Å². The van der Waals surface area contributed by atoms with Gasteiger partial charge in [-0.25, -0.2) is 0 Å². The third-order valence-corrected chi connectivity index (χ3v) is 9.05. The second-order valence-corrected chi connectivity index (χ2v) is 11.1. The van der Waals surface area contributed by atoms with Crippen molar-refractivity contribution in [1.82, 2.24) is 9.97 Å². The van der Waals surface area contributed by atoms with E-state index in [4.69, 9.17) is 9.97 Å². The van der Waals surface area contributed by atoms with Gasteiger partial charge in [0.15, 0.2) is 0 Å². The van der Waals surface area contributed by atoms with Crippen LogP contribution in [0.3, 0.4) is 0 Å². The summed E-state index contributed by atoms with van der Waals surface area (Å²) in [5, 5.41) is 8.54. The second-order valence-electron chi connectivity index (χ2n) is 11.1. The lowest BCUT2D eigenvalue weighted by molar-refractivity contribution is 0.0154. The number of hydrogen-bond acceptors (Lipinski definition) is 4. The molecule has 0 spiro atoms. The van der Waals surface area contributed by atoms with E-state index in [1.165, 1.54) is 48.2 Å². The zero-order valence-corrected chi connectivity index (χ0v) is 18.4. The summed E-state index contributed by atoms with van der Waals surface area (Å²) in [7, 11) is 0. The van der Waals surface area contributed by atoms with E-state index < -0.39 is 0 Å². The highest BCUT2D eigenvalue weighted by Crippen LogP contribution is 2.62. The van der Waals surface area contributed by atoms with Crippen molar-refractivity contribution >= 4 is 12.4 Å². The Morgan fingerprint density at radius 3 is 1.57 bits per heavy atom. The van der Waals surface area contributed by atoms with E-state index in [2.05, 4.69) is 62.2 Å². The van der Waals surface area contributed by atoms with Gasteiger partial charge in [-0.2, -0.15) is 10.2 Å². The molecule has 4 atom stereocenters. The molecule has 8 rings (SSSR count). The Bertz CT molecular complexity index is 1010. The number of aromatic nitrogens is 2. The summed E-state index contributed by atoms with van der Waals surface area (Å²) in [5.74, 6) is 2.83. The van der Waals surface area contributed by atoms with Gasteiger partial charge in [-0.3, -0.25) is 9.97 Å². The van der Waals surface area contributed by atoms with Crippen LogP contribution in [-0.2, 0) is 12.8 Å². The summed E-state index contributed by atoms with van der Waals surface area (Å²) in [4.78, 5) is 9.84. The van der Waals surface area contributed by atoms with Gasteiger partial charge >= 0.3 is 0 Å². The maximum absolute atomic E-state index is 4.92. The van der Waals surface area contributed by atoms with Crippen LogP contribution in [0.5, 0.6) is 0 Å². The van der Waals surface area contributed by atoms with Crippen molar-refractivity contribution in [1.29, 1.82) is 0 Å². The van der Waals surface area contributed by atoms with Crippen LogP contribution in [0.1, 0.15) is 86.3 Å². The molecule has 2 aromatic rings. The maximum atomic E-state index is 4.92. The predicted molar refractivity (Wildman–Crippen MR) is 120 cm³/mol. The standard InChI is InChI=1S/C26H30N4/c1-25(2)17-9-15-5-7-19(29-23(15)21(25)11-17)13-27-28-14-20-8-6-16-10-18-12-22(24(16)30-20)26(18,3)4/h5-8,13-14,17-18,21-22H,9-12H2,1-4H3/b27-13+,28-14+/t17-,18-,21-,22-/m1/s1. The van der Waals surface area contributed by atoms with Crippen LogP contribution in [0.15, 0.2) is 34.5 Å². The van der Waals surface area contributed by atoms with Crippen LogP contribution in [0, 0.1) is 22.7 Å². The molecule has 0 N–H and O–H groups in total. The van der Waals surface area contributed by atoms with Gasteiger partial charge in [0.05, 0.1) is 23.8 Å². The highest BCUT2D eigenvalue weighted by molar-refractivity contribution is 5.80. The number of nitrogens with zero attached hydrogens (tertiary/aromatic N) is 4. The van der Waals surface area contributed by atoms with Crippen LogP contribution < -0.4 is 0 Å². The Hall–Kier alpha value is -2.36. The normalized spacial score (nSPS) is 31.7. The monoisotopic (exact) mass is 398 g/mol. The van der Waals surface area contributed by atoms with Gasteiger partial charge in [0.1, 0.15) is 0 Å². The molecule has 6 aliphatic carbocycles. The zero-order chi connectivity index (χ0) is 20.7. The quantitative estimate of drug-likeness (QED) is 0.520. The lowest BCUT2D eigenvalue weighted by atomic mass is 9.48. The highest BCUT2D eigenvalue weighted by atomic mass is 15.2. The van der Waals surface area contributed by atoms with E-state index in [0.29, 0.717) is 22.7 Å². The summed E-state index contributed by atoms with van der Waals surface area (Å²) >= 11 is 0. The van der Waals surface area contributed by atoms with E-state index in [1.54, 1.807) is 12.4 Å². The van der Waals surface area contributed by atoms with Crippen LogP contribution in [0.2, 0.25) is 0 Å². The first-order valence-corrected chi connectivity index (χ1v) is 11.4. The first-order chi connectivity index (χ1) is 14.3. The van der Waals surface area contributed by atoms with Gasteiger partial charge in [-0.05, 0) is 71.6 Å². The van der Waals surface area contributed by atoms with Gasteiger partial charge in [0, 0.05) is 23.2 Å². The van der Waals surface area contributed by atoms with E-state index >= 15 is 0 Å². The molecular formula is C26H30N4. The SMILES string of the molecule is CC1(C)[C@@H]2Cc3ccc(/C=N/N=C/c4ccc5c(n4)[C@H]4C[C@@H](C5)C4(C)C)nc3[C@H]1C2. The van der Waals surface area contributed by atoms with Crippen molar-refractivity contribution < 1.29 is 0 Å². The summed E-state index contributed by atoms with van der Waals surface area (Å²) < 4.78 is 0. The Kier molecular flexibility index (Phi) is 3.74. The molecule has 4 nitrogen and oxygen atoms in total. The van der Waals surface area contributed by atoms with Gasteiger partial charge in [0.2, 0.25) is 0 Å². The van der Waals surface area contributed by atoms with Crippen molar-refractivity contribution in [2.24, 2.45) is 32.9 Å². The fourth-order valence-corrected chi connectivity index (χ4v) is 6.50. The summed E-state index contributed by atoms with van der Waals surface area (Å²) in [6.07, 6.45) is 8.45. The molecule has 0 aliphatic heterocycles. The molecule has 0 saturated heterocycles. The van der Waals surface area contributed by atoms with Gasteiger partial charge < -0.3 is 0 Å². The Labute approximate surface area is 179 Å². The first kappa shape index (κ1) is 18.4. The Morgan fingerprint density at radius 1 is 0.733 bits per heavy atom. The predicted octanol–water partition coefficient (Wildman–Crippen LogP) is 5.30. The molecule has 0 amide bonds. The Balaban J connectivity index is 1.19. The van der Waals surface area contributed by atoms with Gasteiger partial charge in [0.25, 0.3) is 0 Å². The molecule has 0 aromatic carbocycles. The Morgan fingerprint density at radius 2 is 1.17 bits per heavy atom. The minimum Gasteiger partial charge on any atom is -0.251 e. The average Bonchev–Trinajstić information content (AvgIpc) is 2.75. The number of hydrogen-bond donors (Lipinski definition) is 0. The summed E-state index contributed by atoms with van der Waals surface area (Å²) in [6.45, 7) is 9.55. The molecule has 154 valence electrons. The van der Waals surface area contributed by atoms with Crippen molar-refractivity contribution in [3.63, 3.8) is 0 Å². The maximum Gasteiger partial charge on any atom is 0.0834 e. The second kappa shape index (κ2) is 6.09. The van der Waals surface area contributed by atoms with Crippen molar-refractivity contribution in [3.05, 3.63) is 58.2 Å². The molecule has 0 radical (unpaired) electrons. The van der Waals surface area contributed by atoms with E-state index in [9.17, 15) is 0 Å². The highest BCUT2D eigenvalue weighted by Gasteiger charge is 2.54. The molecular weight excluding hydrogens is 368 g/mol. The first-order valence-electron chi connectivity index (χ1n) is 11.4. The smallest absolute Gasteiger partial charge is 0.0834 e. The fourth-order valence-electron chi connectivity index (χ4n) is 6.50. The lowest BCUT2D eigenvalue weighted by Gasteiger charge is -2.56. The summed E-state index contributed by atoms with van der Waals surface area (Å²) in [6, 6.07) is 8.62. The lowest BCUT2D eigenvalue weighted by Crippen LogP contribution is -2.48. The van der Waals surface area contributed by atoms with Crippen molar-refractivity contribution in [3.8, 4) is 0 Å². The molecule has 4 bridgehead atoms. The largest absolute Gasteiger partial charge is 0.251 e. The van der Waals surface area contributed by atoms with Gasteiger partial charge in [-0.1, -0.05) is 39.8 Å². The van der Waals surface area contributed by atoms with Crippen LogP contribution in [0.25, 0.3) is 0 Å². The number of pyridine rings is 2. The third-order valence-electron chi connectivity index (χ3n) is 9.05. The molecule has 2 heterocycles. The third kappa shape index (κ3) is 2.52. The fraction of sp³-hybridized carbons (Fsp3) is 0.538. The van der Waals surface area contributed by atoms with E-state index in [-0.39, 0.29) is 0 Å². The minimum absolute atomic E-state index is 0.390. The molecule has 2 aromatic heterocycles. The molecule has 4 heteroatoms. The molecule has 30 heavy (non-hydrogen) atoms. The van der Waals surface area contributed by atoms with E-state index in [1.807, 2.05) is 0 Å². The zero-order valence-electron chi connectivity index (χ0n) is 18.4. The molecule has 6 aliphatic rings. The summed E-state index contributed by atoms with van der Waals surface area (Å²) in [5.41, 5.74) is 8.00. The molecule has 2 saturated carbocycles. The van der Waals surface area contributed by atoms with E-state index in [0.717, 1.165) is 23.2 Å². The number of rotatable bonds is 3. The minimum atomic E-state index is 0.390. The van der Waals surface area contributed by atoms with Gasteiger partial charge in [-0.15, -0.1) is 0 Å². The molecule has 2 fully saturated rings. The molecule has 0 unspecified atom stereocenters. The average molecular weight is 399 g/mol. The van der Waals surface area contributed by atoms with Crippen LogP contribution in [0.4, 0.5) is 0 Å². The van der Waals surface area contributed by atoms with Crippen LogP contribution in [-0.4, -0.2) is 22.4 Å². The van der Waals surface area contributed by atoms with Crippen molar-refractivity contribution in [2.45, 2.75) is 65.2 Å².